The van der Waals surface area contributed by atoms with Gasteiger partial charge in [0, 0.05) is 5.56 Å². The average Bonchev–Trinajstić information content (AvgIpc) is 2.44. The van der Waals surface area contributed by atoms with Gasteiger partial charge < -0.3 is 0 Å². The Bertz CT molecular complexity index is 614. The van der Waals surface area contributed by atoms with E-state index in [1.165, 1.54) is 27.8 Å². The van der Waals surface area contributed by atoms with Crippen LogP contribution in [0.2, 0.25) is 0 Å². The molecule has 2 rings (SSSR count). The number of rotatable bonds is 3. The van der Waals surface area contributed by atoms with Crippen LogP contribution in [0.4, 0.5) is 4.39 Å². The van der Waals surface area contributed by atoms with E-state index in [9.17, 15) is 4.39 Å². The van der Waals surface area contributed by atoms with Gasteiger partial charge in [0.1, 0.15) is 0 Å². The Kier molecular flexibility index (Phi) is 4.54. The van der Waals surface area contributed by atoms with Crippen molar-refractivity contribution in [2.45, 2.75) is 44.4 Å². The lowest BCUT2D eigenvalue weighted by atomic mass is 10.00. The predicted molar refractivity (Wildman–Crippen MR) is 86.4 cm³/mol. The molecule has 1 unspecified atom stereocenters. The molecule has 2 aromatic carbocycles. The van der Waals surface area contributed by atoms with Gasteiger partial charge in [0.15, 0.2) is 9.79 Å². The van der Waals surface area contributed by atoms with Crippen molar-refractivity contribution in [1.29, 1.82) is 0 Å². The Morgan fingerprint density at radius 1 is 0.850 bits per heavy atom. The summed E-state index contributed by atoms with van der Waals surface area (Å²) in [6, 6.07) is 10.1. The summed E-state index contributed by atoms with van der Waals surface area (Å²) in [6.45, 7) is 10.6. The zero-order valence-corrected chi connectivity index (χ0v) is 13.7. The first kappa shape index (κ1) is 15.1. The molecule has 0 heterocycles. The molecule has 2 aromatic rings. The molecule has 0 N–H and O–H groups in total. The first-order valence-corrected chi connectivity index (χ1v) is 8.26. The van der Waals surface area contributed by atoms with E-state index >= 15 is 0 Å². The van der Waals surface area contributed by atoms with Crippen molar-refractivity contribution in [2.75, 3.05) is 6.01 Å². The quantitative estimate of drug-likeness (QED) is 0.682. The molecule has 0 fully saturated rings. The standard InChI is InChI=1S/C18H22FS/c1-12-6-8-17(9-7-12)20(11-19)18-10-13(2)14(3)15(4)16(18)5/h6-10H,11H2,1-5H3/q+1. The lowest BCUT2D eigenvalue weighted by Gasteiger charge is -2.13. The molecule has 0 aromatic heterocycles. The van der Waals surface area contributed by atoms with Crippen LogP contribution < -0.4 is 0 Å². The highest BCUT2D eigenvalue weighted by atomic mass is 32.2. The molecule has 0 radical (unpaired) electrons. The highest BCUT2D eigenvalue weighted by molar-refractivity contribution is 7.96. The average molecular weight is 289 g/mol. The summed E-state index contributed by atoms with van der Waals surface area (Å²) < 4.78 is 13.7. The van der Waals surface area contributed by atoms with E-state index in [1.54, 1.807) is 0 Å². The van der Waals surface area contributed by atoms with Crippen LogP contribution in [0.25, 0.3) is 0 Å². The Morgan fingerprint density at radius 2 is 1.45 bits per heavy atom. The fraction of sp³-hybridized carbons (Fsp3) is 0.333. The number of aryl methyl sites for hydroxylation is 2. The van der Waals surface area contributed by atoms with Gasteiger partial charge in [0.05, 0.1) is 10.9 Å². The molecule has 0 bridgehead atoms. The lowest BCUT2D eigenvalue weighted by Crippen LogP contribution is -2.10. The van der Waals surface area contributed by atoms with Gasteiger partial charge in [-0.25, -0.2) is 0 Å². The van der Waals surface area contributed by atoms with E-state index in [-0.39, 0.29) is 6.01 Å². The second-order valence-electron chi connectivity index (χ2n) is 5.38. The van der Waals surface area contributed by atoms with Crippen molar-refractivity contribution in [3.63, 3.8) is 0 Å². The van der Waals surface area contributed by atoms with Gasteiger partial charge in [-0.15, -0.1) is 0 Å². The van der Waals surface area contributed by atoms with Crippen LogP contribution in [0.1, 0.15) is 27.8 Å². The van der Waals surface area contributed by atoms with Gasteiger partial charge in [0.2, 0.25) is 0 Å². The Labute approximate surface area is 124 Å². The van der Waals surface area contributed by atoms with E-state index in [0.29, 0.717) is 0 Å². The molecule has 0 aliphatic carbocycles. The highest BCUT2D eigenvalue weighted by Gasteiger charge is 2.28. The summed E-state index contributed by atoms with van der Waals surface area (Å²) in [5.74, 6) is 0. The van der Waals surface area contributed by atoms with Crippen molar-refractivity contribution < 1.29 is 4.39 Å². The van der Waals surface area contributed by atoms with Crippen molar-refractivity contribution in [2.24, 2.45) is 0 Å². The largest absolute Gasteiger partial charge is 0.256 e. The maximum Gasteiger partial charge on any atom is 0.256 e. The zero-order chi connectivity index (χ0) is 14.9. The molecule has 0 nitrogen and oxygen atoms in total. The molecule has 0 amide bonds. The molecule has 0 aliphatic heterocycles. The van der Waals surface area contributed by atoms with Crippen molar-refractivity contribution >= 4 is 10.9 Å². The SMILES string of the molecule is Cc1ccc([S+](CF)c2cc(C)c(C)c(C)c2C)cc1. The third kappa shape index (κ3) is 2.76. The third-order valence-electron chi connectivity index (χ3n) is 4.11. The van der Waals surface area contributed by atoms with Crippen LogP contribution in [0.5, 0.6) is 0 Å². The smallest absolute Gasteiger partial charge is 0.192 e. The Morgan fingerprint density at radius 3 is 2.00 bits per heavy atom. The van der Waals surface area contributed by atoms with Crippen LogP contribution in [-0.2, 0) is 10.9 Å². The van der Waals surface area contributed by atoms with Gasteiger partial charge in [0.25, 0.3) is 6.01 Å². The normalized spacial score (nSPS) is 12.5. The van der Waals surface area contributed by atoms with E-state index in [1.807, 2.05) is 0 Å². The fourth-order valence-corrected chi connectivity index (χ4v) is 4.19. The van der Waals surface area contributed by atoms with E-state index in [0.717, 1.165) is 9.79 Å². The fourth-order valence-electron chi connectivity index (χ4n) is 2.38. The summed E-state index contributed by atoms with van der Waals surface area (Å²) in [7, 11) is -0.474. The van der Waals surface area contributed by atoms with Crippen LogP contribution in [-0.4, -0.2) is 6.01 Å². The van der Waals surface area contributed by atoms with E-state index in [2.05, 4.69) is 65.0 Å². The molecular formula is C18H22FS+. The summed E-state index contributed by atoms with van der Waals surface area (Å²) >= 11 is 0. The molecule has 0 spiro atoms. The second-order valence-corrected chi connectivity index (χ2v) is 7.29. The van der Waals surface area contributed by atoms with Crippen LogP contribution in [0, 0.1) is 34.6 Å². The molecule has 0 aliphatic rings. The Hall–Kier alpha value is -1.28. The monoisotopic (exact) mass is 289 g/mol. The first-order valence-electron chi connectivity index (χ1n) is 6.86. The molecule has 2 heteroatoms. The molecule has 1 atom stereocenters. The second kappa shape index (κ2) is 6.01. The summed E-state index contributed by atoms with van der Waals surface area (Å²) in [5, 5.41) is 0. The number of halogens is 1. The van der Waals surface area contributed by atoms with Crippen LogP contribution >= 0.6 is 0 Å². The lowest BCUT2D eigenvalue weighted by molar-refractivity contribution is 0.600. The van der Waals surface area contributed by atoms with Gasteiger partial charge in [-0.1, -0.05) is 17.7 Å². The first-order chi connectivity index (χ1) is 9.45. The molecule has 20 heavy (non-hydrogen) atoms. The molecule has 0 saturated carbocycles. The molecular weight excluding hydrogens is 267 g/mol. The minimum atomic E-state index is -0.474. The Balaban J connectivity index is 2.55. The van der Waals surface area contributed by atoms with Gasteiger partial charge >= 0.3 is 0 Å². The molecule has 0 saturated heterocycles. The summed E-state index contributed by atoms with van der Waals surface area (Å²) in [5.41, 5.74) is 6.30. The van der Waals surface area contributed by atoms with Crippen LogP contribution in [0.3, 0.4) is 0 Å². The predicted octanol–water partition coefficient (Wildman–Crippen LogP) is 5.19. The van der Waals surface area contributed by atoms with Gasteiger partial charge in [-0.05, 0) is 69.5 Å². The summed E-state index contributed by atoms with van der Waals surface area (Å²) in [6.07, 6.45) is 0. The zero-order valence-electron chi connectivity index (χ0n) is 12.9. The number of alkyl halides is 1. The summed E-state index contributed by atoms with van der Waals surface area (Å²) in [4.78, 5) is 2.24. The van der Waals surface area contributed by atoms with Gasteiger partial charge in [-0.2, -0.15) is 4.39 Å². The van der Waals surface area contributed by atoms with Gasteiger partial charge in [-0.3, -0.25) is 0 Å². The van der Waals surface area contributed by atoms with E-state index in [4.69, 9.17) is 0 Å². The topological polar surface area (TPSA) is 0 Å². The van der Waals surface area contributed by atoms with E-state index < -0.39 is 10.9 Å². The van der Waals surface area contributed by atoms with Crippen molar-refractivity contribution in [3.8, 4) is 0 Å². The third-order valence-corrected chi connectivity index (χ3v) is 6.13. The number of hydrogen-bond acceptors (Lipinski definition) is 0. The minimum absolute atomic E-state index is 0.328. The number of benzene rings is 2. The highest BCUT2D eigenvalue weighted by Crippen LogP contribution is 2.31. The van der Waals surface area contributed by atoms with Crippen molar-refractivity contribution in [1.82, 2.24) is 0 Å². The maximum absolute atomic E-state index is 13.7. The molecule has 106 valence electrons. The number of hydrogen-bond donors (Lipinski definition) is 0. The minimum Gasteiger partial charge on any atom is -0.192 e. The van der Waals surface area contributed by atoms with Crippen molar-refractivity contribution in [3.05, 3.63) is 58.1 Å². The van der Waals surface area contributed by atoms with Crippen LogP contribution in [0.15, 0.2) is 40.1 Å². The maximum atomic E-state index is 13.7.